The molecule has 0 aliphatic carbocycles. The van der Waals surface area contributed by atoms with Crippen molar-refractivity contribution < 1.29 is 18.8 Å². The third-order valence-corrected chi connectivity index (χ3v) is 5.92. The van der Waals surface area contributed by atoms with Crippen molar-refractivity contribution in [2.75, 3.05) is 7.11 Å². The summed E-state index contributed by atoms with van der Waals surface area (Å²) in [6, 6.07) is 7.49. The Morgan fingerprint density at radius 1 is 1.31 bits per heavy atom. The van der Waals surface area contributed by atoms with E-state index in [0.717, 1.165) is 31.9 Å². The van der Waals surface area contributed by atoms with Crippen molar-refractivity contribution in [1.82, 2.24) is 10.5 Å². The molecule has 152 valence electrons. The highest BCUT2D eigenvalue weighted by atomic mass is 79.9. The summed E-state index contributed by atoms with van der Waals surface area (Å²) in [5.74, 6) is 1.77. The normalized spacial score (nSPS) is 11.0. The minimum Gasteiger partial charge on any atom is -0.493 e. The zero-order valence-electron chi connectivity index (χ0n) is 16.3. The van der Waals surface area contributed by atoms with E-state index in [9.17, 15) is 4.79 Å². The maximum absolute atomic E-state index is 12.0. The molecule has 1 aromatic carbocycles. The predicted octanol–water partition coefficient (Wildman–Crippen LogP) is 5.03. The number of ether oxygens (including phenoxy) is 2. The van der Waals surface area contributed by atoms with Crippen LogP contribution in [0.2, 0.25) is 0 Å². The predicted molar refractivity (Wildman–Crippen MR) is 116 cm³/mol. The van der Waals surface area contributed by atoms with Crippen molar-refractivity contribution in [3.05, 3.63) is 67.7 Å². The monoisotopic (exact) mass is 476 g/mol. The van der Waals surface area contributed by atoms with Crippen LogP contribution in [0.15, 0.2) is 44.7 Å². The molecule has 0 aliphatic heterocycles. The van der Waals surface area contributed by atoms with Gasteiger partial charge in [-0.2, -0.15) is 0 Å². The molecule has 0 radical (unpaired) electrons. The Morgan fingerprint density at radius 3 is 2.79 bits per heavy atom. The molecule has 0 atom stereocenters. The fourth-order valence-electron chi connectivity index (χ4n) is 2.62. The van der Waals surface area contributed by atoms with E-state index in [-0.39, 0.29) is 5.91 Å². The molecule has 0 fully saturated rings. The first-order valence-electron chi connectivity index (χ1n) is 8.87. The van der Waals surface area contributed by atoms with E-state index in [2.05, 4.69) is 26.4 Å². The molecule has 0 aliphatic rings. The lowest BCUT2D eigenvalue weighted by Crippen LogP contribution is -2.19. The number of aryl methyl sites for hydroxylation is 2. The highest BCUT2D eigenvalue weighted by Crippen LogP contribution is 2.30. The van der Waals surface area contributed by atoms with Gasteiger partial charge in [-0.1, -0.05) is 11.2 Å². The number of hydrogen-bond donors (Lipinski definition) is 1. The van der Waals surface area contributed by atoms with Gasteiger partial charge >= 0.3 is 0 Å². The van der Waals surface area contributed by atoms with Crippen LogP contribution in [0.1, 0.15) is 27.5 Å². The molecular weight excluding hydrogens is 456 g/mol. The molecule has 6 nitrogen and oxygen atoms in total. The molecule has 0 spiro atoms. The number of halogens is 1. The zero-order chi connectivity index (χ0) is 20.8. The summed E-state index contributed by atoms with van der Waals surface area (Å²) in [4.78, 5) is 13.1. The van der Waals surface area contributed by atoms with Crippen molar-refractivity contribution in [2.24, 2.45) is 0 Å². The summed E-state index contributed by atoms with van der Waals surface area (Å²) >= 11 is 4.99. The third kappa shape index (κ3) is 5.71. The van der Waals surface area contributed by atoms with Gasteiger partial charge in [0.25, 0.3) is 0 Å². The molecule has 2 aromatic heterocycles. The number of nitrogens with one attached hydrogen (secondary N) is 1. The summed E-state index contributed by atoms with van der Waals surface area (Å²) in [6.07, 6.45) is 3.24. The van der Waals surface area contributed by atoms with E-state index >= 15 is 0 Å². The molecule has 8 heteroatoms. The number of methoxy groups -OCH3 is 1. The highest BCUT2D eigenvalue weighted by Gasteiger charge is 2.12. The minimum atomic E-state index is -0.160. The van der Waals surface area contributed by atoms with Gasteiger partial charge in [0.2, 0.25) is 5.91 Å². The zero-order valence-corrected chi connectivity index (χ0v) is 18.7. The lowest BCUT2D eigenvalue weighted by atomic mass is 10.2. The number of rotatable bonds is 8. The maximum Gasteiger partial charge on any atom is 0.244 e. The molecule has 2 heterocycles. The van der Waals surface area contributed by atoms with Crippen LogP contribution in [0.5, 0.6) is 11.5 Å². The first-order valence-corrected chi connectivity index (χ1v) is 10.5. The van der Waals surface area contributed by atoms with Crippen molar-refractivity contribution in [3.63, 3.8) is 0 Å². The Bertz CT molecular complexity index is 1010. The molecule has 0 saturated carbocycles. The van der Waals surface area contributed by atoms with E-state index in [1.54, 1.807) is 24.5 Å². The van der Waals surface area contributed by atoms with Gasteiger partial charge in [-0.25, -0.2) is 0 Å². The smallest absolute Gasteiger partial charge is 0.244 e. The summed E-state index contributed by atoms with van der Waals surface area (Å²) in [5.41, 5.74) is 2.56. The van der Waals surface area contributed by atoms with E-state index < -0.39 is 0 Å². The Balaban J connectivity index is 1.60. The largest absolute Gasteiger partial charge is 0.493 e. The molecule has 0 saturated heterocycles. The van der Waals surface area contributed by atoms with Crippen LogP contribution in [0.4, 0.5) is 0 Å². The van der Waals surface area contributed by atoms with Crippen molar-refractivity contribution >= 4 is 39.2 Å². The van der Waals surface area contributed by atoms with Crippen LogP contribution >= 0.6 is 27.3 Å². The highest BCUT2D eigenvalue weighted by molar-refractivity contribution is 9.10. The van der Waals surface area contributed by atoms with Gasteiger partial charge in [0.1, 0.15) is 12.4 Å². The van der Waals surface area contributed by atoms with Gasteiger partial charge in [0.05, 0.1) is 24.9 Å². The summed E-state index contributed by atoms with van der Waals surface area (Å²) in [7, 11) is 1.58. The molecule has 3 rings (SSSR count). The second kappa shape index (κ2) is 9.76. The minimum absolute atomic E-state index is 0.160. The van der Waals surface area contributed by atoms with Gasteiger partial charge in [0.15, 0.2) is 11.5 Å². The average molecular weight is 477 g/mol. The Kier molecular flexibility index (Phi) is 7.11. The Hall–Kier alpha value is -2.58. The topological polar surface area (TPSA) is 73.6 Å². The third-order valence-electron chi connectivity index (χ3n) is 4.23. The van der Waals surface area contributed by atoms with Crippen LogP contribution in [-0.2, 0) is 17.9 Å². The number of carbonyl (C=O) groups is 1. The van der Waals surface area contributed by atoms with Crippen LogP contribution in [-0.4, -0.2) is 18.2 Å². The molecule has 1 amide bonds. The fraction of sp³-hybridized carbons (Fsp3) is 0.238. The number of thiophene rings is 1. The molecular formula is C21H21BrN2O4S. The second-order valence-electron chi connectivity index (χ2n) is 6.28. The van der Waals surface area contributed by atoms with Crippen LogP contribution < -0.4 is 14.8 Å². The number of nitrogens with zero attached hydrogens (tertiary/aromatic N) is 1. The fourth-order valence-corrected chi connectivity index (χ4v) is 4.01. The number of amides is 1. The van der Waals surface area contributed by atoms with Gasteiger partial charge in [-0.05, 0) is 59.6 Å². The van der Waals surface area contributed by atoms with Crippen LogP contribution in [0.25, 0.3) is 6.08 Å². The number of carbonyl (C=O) groups excluding carboxylic acids is 1. The van der Waals surface area contributed by atoms with Crippen LogP contribution in [0.3, 0.4) is 0 Å². The van der Waals surface area contributed by atoms with Crippen molar-refractivity contribution in [2.45, 2.75) is 27.0 Å². The van der Waals surface area contributed by atoms with Gasteiger partial charge < -0.3 is 19.3 Å². The lowest BCUT2D eigenvalue weighted by molar-refractivity contribution is -0.116. The summed E-state index contributed by atoms with van der Waals surface area (Å²) in [6.45, 7) is 4.57. The standard InChI is InChI=1S/C21H21BrN2O4S/c1-13-18(14(2)28-24-13)11-27-19-6-4-15(8-20(19)26-3)5-7-21(25)23-10-17-9-16(22)12-29-17/h4-9,12H,10-11H2,1-3H3,(H,23,25)/b7-5+. The van der Waals surface area contributed by atoms with Crippen LogP contribution in [0, 0.1) is 13.8 Å². The first kappa shape index (κ1) is 21.1. The molecule has 1 N–H and O–H groups in total. The van der Waals surface area contributed by atoms with E-state index in [1.165, 1.54) is 6.08 Å². The molecule has 0 bridgehead atoms. The van der Waals surface area contributed by atoms with E-state index in [1.807, 2.05) is 43.5 Å². The van der Waals surface area contributed by atoms with Gasteiger partial charge in [0, 0.05) is 20.8 Å². The molecule has 29 heavy (non-hydrogen) atoms. The number of aromatic nitrogens is 1. The van der Waals surface area contributed by atoms with Gasteiger partial charge in [-0.3, -0.25) is 4.79 Å². The van der Waals surface area contributed by atoms with Gasteiger partial charge in [-0.15, -0.1) is 11.3 Å². The van der Waals surface area contributed by atoms with Crippen molar-refractivity contribution in [1.29, 1.82) is 0 Å². The average Bonchev–Trinajstić information content (AvgIpc) is 3.28. The summed E-state index contributed by atoms with van der Waals surface area (Å²) < 4.78 is 17.5. The SMILES string of the molecule is COc1cc(/C=C/C(=O)NCc2cc(Br)cs2)ccc1OCc1c(C)noc1C. The first-order chi connectivity index (χ1) is 14.0. The summed E-state index contributed by atoms with van der Waals surface area (Å²) in [5, 5.41) is 8.77. The van der Waals surface area contributed by atoms with Crippen molar-refractivity contribution in [3.8, 4) is 11.5 Å². The van der Waals surface area contributed by atoms with E-state index in [4.69, 9.17) is 14.0 Å². The Labute approximate surface area is 181 Å². The quantitative estimate of drug-likeness (QED) is 0.461. The second-order valence-corrected chi connectivity index (χ2v) is 8.20. The maximum atomic E-state index is 12.0. The molecule has 0 unspecified atom stereocenters. The molecule has 3 aromatic rings. The van der Waals surface area contributed by atoms with E-state index in [0.29, 0.717) is 24.7 Å². The number of benzene rings is 1. The Morgan fingerprint density at radius 2 is 2.14 bits per heavy atom. The number of hydrogen-bond acceptors (Lipinski definition) is 6. The lowest BCUT2D eigenvalue weighted by Gasteiger charge is -2.11.